The predicted octanol–water partition coefficient (Wildman–Crippen LogP) is 3.34. The van der Waals surface area contributed by atoms with Gasteiger partial charge in [-0.05, 0) is 48.0 Å². The highest BCUT2D eigenvalue weighted by atomic mass is 32.1. The van der Waals surface area contributed by atoms with E-state index in [1.54, 1.807) is 35.0 Å². The topological polar surface area (TPSA) is 103 Å². The molecule has 0 unspecified atom stereocenters. The van der Waals surface area contributed by atoms with E-state index in [-0.39, 0.29) is 11.2 Å². The van der Waals surface area contributed by atoms with Crippen LogP contribution < -0.4 is 10.1 Å². The van der Waals surface area contributed by atoms with E-state index in [1.165, 1.54) is 23.5 Å². The molecule has 31 heavy (non-hydrogen) atoms. The largest absolute Gasteiger partial charge is 0.275 e. The van der Waals surface area contributed by atoms with Gasteiger partial charge in [-0.3, -0.25) is 24.9 Å². The maximum absolute atomic E-state index is 13.3. The van der Waals surface area contributed by atoms with Crippen molar-refractivity contribution in [2.75, 3.05) is 0 Å². The van der Waals surface area contributed by atoms with E-state index < -0.39 is 4.92 Å². The van der Waals surface area contributed by atoms with Crippen molar-refractivity contribution in [1.29, 1.82) is 0 Å². The lowest BCUT2D eigenvalue weighted by molar-refractivity contribution is -0.384. The zero-order chi connectivity index (χ0) is 21.4. The third-order valence-electron chi connectivity index (χ3n) is 4.68. The minimum absolute atomic E-state index is 0.00193. The molecule has 0 amide bonds. The molecule has 0 atom stereocenters. The van der Waals surface area contributed by atoms with Gasteiger partial charge in [0.25, 0.3) is 11.2 Å². The van der Waals surface area contributed by atoms with Crippen LogP contribution in [0.2, 0.25) is 0 Å². The molecule has 4 aromatic heterocycles. The number of benzene rings is 1. The molecule has 0 bridgehead atoms. The highest BCUT2D eigenvalue weighted by Gasteiger charge is 2.21. The van der Waals surface area contributed by atoms with Gasteiger partial charge in [-0.2, -0.15) is 0 Å². The molecule has 9 heteroatoms. The number of thiazole rings is 1. The van der Waals surface area contributed by atoms with Gasteiger partial charge in [0.1, 0.15) is 11.4 Å². The van der Waals surface area contributed by atoms with Crippen molar-refractivity contribution in [3.05, 3.63) is 104 Å². The van der Waals surface area contributed by atoms with Gasteiger partial charge in [0.05, 0.1) is 20.8 Å². The van der Waals surface area contributed by atoms with Crippen LogP contribution in [0, 0.1) is 10.1 Å². The number of non-ortho nitro benzene ring substituents is 1. The molecule has 0 saturated heterocycles. The van der Waals surface area contributed by atoms with Gasteiger partial charge in [-0.25, -0.2) is 9.38 Å². The van der Waals surface area contributed by atoms with Crippen molar-refractivity contribution in [2.24, 2.45) is 0 Å². The Morgan fingerprint density at radius 1 is 0.935 bits per heavy atom. The van der Waals surface area contributed by atoms with E-state index in [0.29, 0.717) is 37.8 Å². The molecule has 0 radical (unpaired) electrons. The summed E-state index contributed by atoms with van der Waals surface area (Å²) in [5, 5.41) is 10.9. The Labute approximate surface area is 179 Å². The van der Waals surface area contributed by atoms with E-state index >= 15 is 0 Å². The number of nitrogens with zero attached hydrogens (tertiary/aromatic N) is 5. The zero-order valence-electron chi connectivity index (χ0n) is 15.9. The number of aromatic nitrogens is 4. The Balaban J connectivity index is 1.73. The summed E-state index contributed by atoms with van der Waals surface area (Å²) in [6.07, 6.45) is 5.04. The standard InChI is InChI=1S/C22H13N5O3S/c28-21-18(13-14-7-9-15(10-8-14)27(29)30)31-22-25-19(16-5-1-3-11-23-16)20(26(21)22)17-6-2-4-12-24-17/h1-13H/b18-13-. The molecule has 1 aromatic carbocycles. The van der Waals surface area contributed by atoms with E-state index in [2.05, 4.69) is 15.0 Å². The van der Waals surface area contributed by atoms with Gasteiger partial charge in [0.2, 0.25) is 0 Å². The van der Waals surface area contributed by atoms with Crippen LogP contribution >= 0.6 is 11.3 Å². The van der Waals surface area contributed by atoms with Gasteiger partial charge in [-0.1, -0.05) is 23.5 Å². The molecule has 0 fully saturated rings. The van der Waals surface area contributed by atoms with Crippen molar-refractivity contribution in [1.82, 2.24) is 19.4 Å². The summed E-state index contributed by atoms with van der Waals surface area (Å²) in [6.45, 7) is 0. The summed E-state index contributed by atoms with van der Waals surface area (Å²) >= 11 is 1.25. The average Bonchev–Trinajstić information content (AvgIpc) is 3.32. The quantitative estimate of drug-likeness (QED) is 0.322. The first-order chi connectivity index (χ1) is 15.1. The smallest absolute Gasteiger partial charge is 0.267 e. The molecule has 0 N–H and O–H groups in total. The summed E-state index contributed by atoms with van der Waals surface area (Å²) in [6, 6.07) is 17.0. The Hall–Kier alpha value is -4.24. The van der Waals surface area contributed by atoms with Gasteiger partial charge in [0.15, 0.2) is 4.96 Å². The summed E-state index contributed by atoms with van der Waals surface area (Å²) in [7, 11) is 0. The van der Waals surface area contributed by atoms with Crippen molar-refractivity contribution in [2.45, 2.75) is 0 Å². The summed E-state index contributed by atoms with van der Waals surface area (Å²) in [5.74, 6) is 0. The maximum Gasteiger partial charge on any atom is 0.275 e. The molecule has 0 aliphatic carbocycles. The number of hydrogen-bond acceptors (Lipinski definition) is 7. The summed E-state index contributed by atoms with van der Waals surface area (Å²) in [4.78, 5) is 37.7. The molecule has 5 rings (SSSR count). The molecule has 4 heterocycles. The van der Waals surface area contributed by atoms with Crippen LogP contribution in [-0.2, 0) is 0 Å². The molecule has 0 aliphatic rings. The first kappa shape index (κ1) is 18.8. The lowest BCUT2D eigenvalue weighted by Gasteiger charge is -2.02. The first-order valence-corrected chi connectivity index (χ1v) is 10.1. The number of imidazole rings is 1. The molecular formula is C22H13N5O3S. The normalized spacial score (nSPS) is 11.8. The van der Waals surface area contributed by atoms with E-state index in [9.17, 15) is 14.9 Å². The van der Waals surface area contributed by atoms with Crippen LogP contribution in [0.1, 0.15) is 5.56 Å². The van der Waals surface area contributed by atoms with Gasteiger partial charge < -0.3 is 0 Å². The van der Waals surface area contributed by atoms with Crippen LogP contribution in [0.3, 0.4) is 0 Å². The molecule has 150 valence electrons. The number of nitro benzene ring substituents is 1. The van der Waals surface area contributed by atoms with Gasteiger partial charge in [-0.15, -0.1) is 0 Å². The SMILES string of the molecule is O=c1/c(=C/c2ccc([N+](=O)[O-])cc2)sc2nc(-c3ccccn3)c(-c3ccccn3)n12. The Kier molecular flexibility index (Phi) is 4.57. The second kappa shape index (κ2) is 7.54. The van der Waals surface area contributed by atoms with Crippen molar-refractivity contribution < 1.29 is 4.92 Å². The number of rotatable bonds is 4. The predicted molar refractivity (Wildman–Crippen MR) is 118 cm³/mol. The minimum Gasteiger partial charge on any atom is -0.267 e. The Morgan fingerprint density at radius 3 is 2.23 bits per heavy atom. The van der Waals surface area contributed by atoms with Crippen molar-refractivity contribution in [3.63, 3.8) is 0 Å². The average molecular weight is 427 g/mol. The fourth-order valence-electron chi connectivity index (χ4n) is 3.26. The number of nitro groups is 1. The second-order valence-electron chi connectivity index (χ2n) is 6.62. The molecular weight excluding hydrogens is 414 g/mol. The molecule has 0 spiro atoms. The van der Waals surface area contributed by atoms with E-state index in [1.807, 2.05) is 36.4 Å². The fourth-order valence-corrected chi connectivity index (χ4v) is 4.24. The monoisotopic (exact) mass is 427 g/mol. The molecule has 5 aromatic rings. The third-order valence-corrected chi connectivity index (χ3v) is 5.65. The first-order valence-electron chi connectivity index (χ1n) is 9.26. The van der Waals surface area contributed by atoms with E-state index in [0.717, 1.165) is 0 Å². The lowest BCUT2D eigenvalue weighted by Crippen LogP contribution is -2.23. The highest BCUT2D eigenvalue weighted by molar-refractivity contribution is 7.15. The molecule has 0 aliphatic heterocycles. The van der Waals surface area contributed by atoms with Crippen molar-refractivity contribution >= 4 is 28.1 Å². The highest BCUT2D eigenvalue weighted by Crippen LogP contribution is 2.30. The zero-order valence-corrected chi connectivity index (χ0v) is 16.7. The molecule has 0 saturated carbocycles. The van der Waals surface area contributed by atoms with Crippen LogP contribution in [0.25, 0.3) is 33.8 Å². The fraction of sp³-hybridized carbons (Fsp3) is 0. The van der Waals surface area contributed by atoms with Gasteiger partial charge in [0, 0.05) is 24.5 Å². The number of hydrogen-bond donors (Lipinski definition) is 0. The van der Waals surface area contributed by atoms with Crippen molar-refractivity contribution in [3.8, 4) is 22.8 Å². The van der Waals surface area contributed by atoms with Crippen LogP contribution in [0.15, 0.2) is 77.9 Å². The number of fused-ring (bicyclic) bond motifs is 1. The maximum atomic E-state index is 13.3. The molecule has 8 nitrogen and oxygen atoms in total. The summed E-state index contributed by atoms with van der Waals surface area (Å²) < 4.78 is 2.02. The third kappa shape index (κ3) is 3.36. The van der Waals surface area contributed by atoms with Crippen LogP contribution in [0.4, 0.5) is 5.69 Å². The van der Waals surface area contributed by atoms with Crippen LogP contribution in [-0.4, -0.2) is 24.3 Å². The van der Waals surface area contributed by atoms with Gasteiger partial charge >= 0.3 is 0 Å². The second-order valence-corrected chi connectivity index (χ2v) is 7.63. The number of pyridine rings is 2. The lowest BCUT2D eigenvalue weighted by atomic mass is 10.1. The minimum atomic E-state index is -0.458. The van der Waals surface area contributed by atoms with E-state index in [4.69, 9.17) is 0 Å². The Morgan fingerprint density at radius 2 is 1.61 bits per heavy atom. The van der Waals surface area contributed by atoms with Crippen LogP contribution in [0.5, 0.6) is 0 Å². The summed E-state index contributed by atoms with van der Waals surface area (Å²) in [5.41, 5.74) is 2.90. The Bertz CT molecular complexity index is 1510.